The average molecular weight is 377 g/mol. The Morgan fingerprint density at radius 2 is 1.86 bits per heavy atom. The monoisotopic (exact) mass is 377 g/mol. The molecule has 1 saturated heterocycles. The molecule has 0 aliphatic carbocycles. The van der Waals surface area contributed by atoms with Gasteiger partial charge in [-0.15, -0.1) is 5.10 Å². The van der Waals surface area contributed by atoms with Gasteiger partial charge in [-0.2, -0.15) is 0 Å². The predicted molar refractivity (Wildman–Crippen MR) is 106 cm³/mol. The van der Waals surface area contributed by atoms with Gasteiger partial charge in [-0.25, -0.2) is 4.68 Å². The molecule has 3 aromatic rings. The lowest BCUT2D eigenvalue weighted by molar-refractivity contribution is 0.0921. The summed E-state index contributed by atoms with van der Waals surface area (Å²) in [6.07, 6.45) is -0.430. The van der Waals surface area contributed by atoms with Gasteiger partial charge in [-0.1, -0.05) is 47.7 Å². The highest BCUT2D eigenvalue weighted by Crippen LogP contribution is 2.21. The third-order valence-corrected chi connectivity index (χ3v) is 5.16. The van der Waals surface area contributed by atoms with Gasteiger partial charge in [0.25, 0.3) is 5.91 Å². The summed E-state index contributed by atoms with van der Waals surface area (Å²) in [5.74, 6) is -0.256. The van der Waals surface area contributed by atoms with Crippen molar-refractivity contribution in [1.82, 2.24) is 25.6 Å². The maximum atomic E-state index is 12.5. The lowest BCUT2D eigenvalue weighted by Crippen LogP contribution is -2.34. The van der Waals surface area contributed by atoms with Crippen LogP contribution in [-0.2, 0) is 0 Å². The molecule has 144 valence electrons. The van der Waals surface area contributed by atoms with Crippen LogP contribution in [0.15, 0.2) is 54.6 Å². The smallest absolute Gasteiger partial charge is 0.273 e. The largest absolute Gasteiger partial charge is 0.391 e. The van der Waals surface area contributed by atoms with Crippen molar-refractivity contribution in [2.75, 3.05) is 19.6 Å². The van der Waals surface area contributed by atoms with Crippen LogP contribution in [0.4, 0.5) is 0 Å². The number of nitrogens with one attached hydrogen (secondary N) is 2. The van der Waals surface area contributed by atoms with Crippen LogP contribution < -0.4 is 10.6 Å². The van der Waals surface area contributed by atoms with Gasteiger partial charge in [0.2, 0.25) is 0 Å². The summed E-state index contributed by atoms with van der Waals surface area (Å²) in [5.41, 5.74) is 4.08. The number of carbonyl (C=O) groups excluding carboxylic acids is 1. The second kappa shape index (κ2) is 7.92. The van der Waals surface area contributed by atoms with Crippen LogP contribution in [0, 0.1) is 12.8 Å². The molecule has 2 aromatic carbocycles. The topological polar surface area (TPSA) is 92.1 Å². The van der Waals surface area contributed by atoms with Gasteiger partial charge in [-0.05, 0) is 30.2 Å². The van der Waals surface area contributed by atoms with Gasteiger partial charge in [0.1, 0.15) is 0 Å². The van der Waals surface area contributed by atoms with Crippen LogP contribution in [-0.4, -0.2) is 51.7 Å². The number of aliphatic hydroxyl groups excluding tert-OH is 1. The van der Waals surface area contributed by atoms with Crippen LogP contribution >= 0.6 is 0 Å². The summed E-state index contributed by atoms with van der Waals surface area (Å²) in [5, 5.41) is 24.0. The van der Waals surface area contributed by atoms with Crippen molar-refractivity contribution in [3.63, 3.8) is 0 Å². The number of aliphatic hydroxyl groups is 1. The number of hydrogen-bond donors (Lipinski definition) is 3. The number of rotatable bonds is 5. The molecule has 7 heteroatoms. The molecule has 4 rings (SSSR count). The van der Waals surface area contributed by atoms with Gasteiger partial charge in [-0.3, -0.25) is 4.79 Å². The Morgan fingerprint density at radius 1 is 1.14 bits per heavy atom. The standard InChI is InChI=1S/C21H23N5O2/c1-14-20(21(28)23-12-17-11-22-13-19(17)27)24-25-26(14)18-9-7-16(8-10-18)15-5-3-2-4-6-15/h2-10,17,19,22,27H,11-13H2,1H3,(H,23,28). The highest BCUT2D eigenvalue weighted by atomic mass is 16.3. The molecule has 0 bridgehead atoms. The van der Waals surface area contributed by atoms with Crippen molar-refractivity contribution in [3.8, 4) is 16.8 Å². The molecule has 2 heterocycles. The Bertz CT molecular complexity index is 953. The van der Waals surface area contributed by atoms with Crippen molar-refractivity contribution >= 4 is 5.91 Å². The van der Waals surface area contributed by atoms with Crippen molar-refractivity contribution < 1.29 is 9.90 Å². The Morgan fingerprint density at radius 3 is 2.54 bits per heavy atom. The van der Waals surface area contributed by atoms with E-state index in [4.69, 9.17) is 0 Å². The number of nitrogens with zero attached hydrogens (tertiary/aromatic N) is 3. The Balaban J connectivity index is 1.48. The molecule has 2 atom stereocenters. The fourth-order valence-electron chi connectivity index (χ4n) is 3.44. The molecule has 3 N–H and O–H groups in total. The fourth-order valence-corrected chi connectivity index (χ4v) is 3.44. The summed E-state index contributed by atoms with van der Waals surface area (Å²) >= 11 is 0. The van der Waals surface area contributed by atoms with E-state index in [9.17, 15) is 9.90 Å². The molecule has 0 spiro atoms. The Hall–Kier alpha value is -3.03. The van der Waals surface area contributed by atoms with E-state index < -0.39 is 6.10 Å². The van der Waals surface area contributed by atoms with Crippen LogP contribution in [0.25, 0.3) is 16.8 Å². The molecule has 0 saturated carbocycles. The van der Waals surface area contributed by atoms with E-state index in [1.165, 1.54) is 0 Å². The van der Waals surface area contributed by atoms with Crippen LogP contribution in [0.3, 0.4) is 0 Å². The molecule has 1 aliphatic heterocycles. The van der Waals surface area contributed by atoms with E-state index in [2.05, 4.69) is 33.1 Å². The fraction of sp³-hybridized carbons (Fsp3) is 0.286. The van der Waals surface area contributed by atoms with E-state index in [-0.39, 0.29) is 11.8 Å². The maximum absolute atomic E-state index is 12.5. The first-order chi connectivity index (χ1) is 13.6. The van der Waals surface area contributed by atoms with E-state index in [1.54, 1.807) is 4.68 Å². The first kappa shape index (κ1) is 18.3. The third-order valence-electron chi connectivity index (χ3n) is 5.16. The lowest BCUT2D eigenvalue weighted by Gasteiger charge is -2.13. The third kappa shape index (κ3) is 3.67. The zero-order chi connectivity index (χ0) is 19.5. The highest BCUT2D eigenvalue weighted by molar-refractivity contribution is 5.93. The zero-order valence-corrected chi connectivity index (χ0v) is 15.7. The summed E-state index contributed by atoms with van der Waals surface area (Å²) < 4.78 is 1.66. The summed E-state index contributed by atoms with van der Waals surface area (Å²) in [4.78, 5) is 12.5. The molecule has 2 unspecified atom stereocenters. The van der Waals surface area contributed by atoms with E-state index in [0.717, 1.165) is 16.8 Å². The maximum Gasteiger partial charge on any atom is 0.273 e. The number of amides is 1. The minimum absolute atomic E-state index is 0.0184. The van der Waals surface area contributed by atoms with Crippen molar-refractivity contribution in [1.29, 1.82) is 0 Å². The minimum atomic E-state index is -0.430. The normalized spacial score (nSPS) is 18.9. The molecule has 1 amide bonds. The summed E-state index contributed by atoms with van der Waals surface area (Å²) in [6, 6.07) is 18.1. The minimum Gasteiger partial charge on any atom is -0.391 e. The number of β-amino-alcohol motifs (C(OH)–C–C–N with tert-alkyl or cyclic N) is 1. The van der Waals surface area contributed by atoms with Crippen LogP contribution in [0.1, 0.15) is 16.2 Å². The second-order valence-corrected chi connectivity index (χ2v) is 7.04. The highest BCUT2D eigenvalue weighted by Gasteiger charge is 2.26. The van der Waals surface area contributed by atoms with Crippen molar-refractivity contribution in [3.05, 3.63) is 66.0 Å². The van der Waals surface area contributed by atoms with Gasteiger partial charge in [0.15, 0.2) is 5.69 Å². The Labute approximate surface area is 163 Å². The van der Waals surface area contributed by atoms with E-state index >= 15 is 0 Å². The molecular formula is C21H23N5O2. The average Bonchev–Trinajstić information content (AvgIpc) is 3.32. The molecule has 0 radical (unpaired) electrons. The molecule has 28 heavy (non-hydrogen) atoms. The van der Waals surface area contributed by atoms with Crippen LogP contribution in [0.2, 0.25) is 0 Å². The molecule has 1 aromatic heterocycles. The van der Waals surface area contributed by atoms with E-state index in [1.807, 2.05) is 49.4 Å². The van der Waals surface area contributed by atoms with Crippen LogP contribution in [0.5, 0.6) is 0 Å². The predicted octanol–water partition coefficient (Wildman–Crippen LogP) is 1.55. The second-order valence-electron chi connectivity index (χ2n) is 7.04. The van der Waals surface area contributed by atoms with Crippen molar-refractivity contribution in [2.45, 2.75) is 13.0 Å². The first-order valence-corrected chi connectivity index (χ1v) is 9.38. The van der Waals surface area contributed by atoms with Gasteiger partial charge in [0.05, 0.1) is 17.5 Å². The summed E-state index contributed by atoms with van der Waals surface area (Å²) in [7, 11) is 0. The quantitative estimate of drug-likeness (QED) is 0.628. The summed E-state index contributed by atoms with van der Waals surface area (Å²) in [6.45, 7) is 3.49. The Kier molecular flexibility index (Phi) is 5.18. The molecule has 1 fully saturated rings. The number of hydrogen-bond acceptors (Lipinski definition) is 5. The molecule has 7 nitrogen and oxygen atoms in total. The number of carbonyl (C=O) groups is 1. The zero-order valence-electron chi connectivity index (χ0n) is 15.7. The SMILES string of the molecule is Cc1c(C(=O)NCC2CNCC2O)nnn1-c1ccc(-c2ccccc2)cc1. The molecular weight excluding hydrogens is 354 g/mol. The van der Waals surface area contributed by atoms with Gasteiger partial charge in [0, 0.05) is 25.6 Å². The van der Waals surface area contributed by atoms with Gasteiger partial charge < -0.3 is 15.7 Å². The van der Waals surface area contributed by atoms with Crippen molar-refractivity contribution in [2.24, 2.45) is 5.92 Å². The van der Waals surface area contributed by atoms with Gasteiger partial charge >= 0.3 is 0 Å². The first-order valence-electron chi connectivity index (χ1n) is 9.38. The van der Waals surface area contributed by atoms with E-state index in [0.29, 0.717) is 31.0 Å². The number of aromatic nitrogens is 3. The lowest BCUT2D eigenvalue weighted by atomic mass is 10.1. The number of benzene rings is 2. The molecule has 1 aliphatic rings.